The summed E-state index contributed by atoms with van der Waals surface area (Å²) in [6, 6.07) is 9.72. The summed E-state index contributed by atoms with van der Waals surface area (Å²) in [6.45, 7) is 0. The Bertz CT molecular complexity index is 1140. The van der Waals surface area contributed by atoms with Gasteiger partial charge in [-0.15, -0.1) is 0 Å². The third kappa shape index (κ3) is 3.37. The van der Waals surface area contributed by atoms with Gasteiger partial charge in [-0.2, -0.15) is 0 Å². The van der Waals surface area contributed by atoms with Gasteiger partial charge in [-0.3, -0.25) is 0 Å². The number of carboxylic acid groups (broad SMARTS) is 1. The van der Waals surface area contributed by atoms with Crippen LogP contribution in [0, 0.1) is 0 Å². The second-order valence-corrected chi connectivity index (χ2v) is 9.53. The highest BCUT2D eigenvalue weighted by molar-refractivity contribution is 9.15. The number of carbonyl (C=O) groups is 1. The summed E-state index contributed by atoms with van der Waals surface area (Å²) >= 11 is 13.9. The summed E-state index contributed by atoms with van der Waals surface area (Å²) in [7, 11) is 0. The molecule has 0 aliphatic carbocycles. The Kier molecular flexibility index (Phi) is 5.43. The van der Waals surface area contributed by atoms with E-state index in [1.807, 2.05) is 0 Å². The van der Waals surface area contributed by atoms with E-state index >= 15 is 0 Å². The topological polar surface area (TPSA) is 89.7 Å². The average Bonchev–Trinajstić information content (AvgIpc) is 2.66. The summed E-state index contributed by atoms with van der Waals surface area (Å²) in [5.74, 6) is -0.446. The first-order valence-electron chi connectivity index (χ1n) is 8.16. The van der Waals surface area contributed by atoms with Gasteiger partial charge in [-0.25, -0.2) is 4.79 Å². The number of hydrogen-bond donors (Lipinski definition) is 2. The number of halogens is 4. The highest BCUT2D eigenvalue weighted by Crippen LogP contribution is 2.54. The van der Waals surface area contributed by atoms with Crippen LogP contribution in [-0.4, -0.2) is 21.3 Å². The standard InChI is InChI=1S/C20H10Br4O5/c21-16-14(15(20(27)28)17(22)19(24)18(16)23)13-9-3-1-7(25)5-11(9)29-12-6-8(26)2-4-10(12)13/h1-6,13,25-26H,(H,27,28)/p+1. The first-order chi connectivity index (χ1) is 13.7. The number of aromatic hydroxyl groups is 1. The van der Waals surface area contributed by atoms with E-state index in [2.05, 4.69) is 63.7 Å². The largest absolute Gasteiger partial charge is 0.593 e. The Morgan fingerprint density at radius 3 is 2.14 bits per heavy atom. The first kappa shape index (κ1) is 20.7. The predicted molar refractivity (Wildman–Crippen MR) is 123 cm³/mol. The second kappa shape index (κ2) is 7.61. The Morgan fingerprint density at radius 1 is 0.897 bits per heavy atom. The van der Waals surface area contributed by atoms with Crippen LogP contribution in [0.25, 0.3) is 0 Å². The molecular formula is C20H11Br4O5+. The lowest BCUT2D eigenvalue weighted by Gasteiger charge is -2.30. The number of phenols is 1. The average molecular weight is 651 g/mol. The van der Waals surface area contributed by atoms with Crippen molar-refractivity contribution in [3.63, 3.8) is 0 Å². The summed E-state index contributed by atoms with van der Waals surface area (Å²) in [4.78, 5) is 12.2. The zero-order valence-corrected chi connectivity index (χ0v) is 20.6. The number of rotatable bonds is 2. The Morgan fingerprint density at radius 2 is 1.48 bits per heavy atom. The van der Waals surface area contributed by atoms with Crippen LogP contribution in [0.3, 0.4) is 0 Å². The van der Waals surface area contributed by atoms with E-state index in [0.717, 1.165) is 5.56 Å². The maximum absolute atomic E-state index is 12.2. The maximum Gasteiger partial charge on any atom is 0.337 e. The summed E-state index contributed by atoms with van der Waals surface area (Å²) in [6.07, 6.45) is 0. The van der Waals surface area contributed by atoms with Crippen LogP contribution in [0.15, 0.2) is 54.3 Å². The number of phenolic OH excluding ortho intramolecular Hbond substituents is 1. The minimum Gasteiger partial charge on any atom is -0.593 e. The molecule has 4 rings (SSSR count). The molecule has 0 radical (unpaired) electrons. The van der Waals surface area contributed by atoms with E-state index in [9.17, 15) is 15.0 Å². The lowest BCUT2D eigenvalue weighted by Crippen LogP contribution is -2.17. The van der Waals surface area contributed by atoms with E-state index in [4.69, 9.17) is 9.84 Å². The van der Waals surface area contributed by atoms with Crippen molar-refractivity contribution in [2.75, 3.05) is 0 Å². The van der Waals surface area contributed by atoms with Crippen LogP contribution in [-0.2, 0) is 0 Å². The number of fused-ring (bicyclic) bond motifs is 2. The zero-order chi connectivity index (χ0) is 21.0. The van der Waals surface area contributed by atoms with E-state index in [1.54, 1.807) is 24.3 Å². The number of carboxylic acids is 1. The minimum atomic E-state index is -1.09. The molecule has 0 amide bonds. The molecule has 9 heteroatoms. The van der Waals surface area contributed by atoms with Crippen molar-refractivity contribution in [3.05, 3.63) is 76.5 Å². The fraction of sp³-hybridized carbons (Fsp3) is 0.0500. The Labute approximate surface area is 198 Å². The van der Waals surface area contributed by atoms with Crippen molar-refractivity contribution in [1.82, 2.24) is 0 Å². The van der Waals surface area contributed by atoms with Gasteiger partial charge in [0.1, 0.15) is 17.2 Å². The van der Waals surface area contributed by atoms with Crippen LogP contribution in [0.1, 0.15) is 33.0 Å². The van der Waals surface area contributed by atoms with Crippen molar-refractivity contribution in [2.45, 2.75) is 5.92 Å². The smallest absolute Gasteiger partial charge is 0.337 e. The summed E-state index contributed by atoms with van der Waals surface area (Å²) in [5, 5.41) is 27.9. The molecule has 3 aromatic carbocycles. The van der Waals surface area contributed by atoms with Gasteiger partial charge in [0, 0.05) is 47.1 Å². The maximum atomic E-state index is 12.2. The van der Waals surface area contributed by atoms with Crippen molar-refractivity contribution in [3.8, 4) is 23.0 Å². The minimum absolute atomic E-state index is 0.0312. The number of benzene rings is 3. The number of hydrogen-bond acceptors (Lipinski definition) is 3. The van der Waals surface area contributed by atoms with Crippen LogP contribution in [0.2, 0.25) is 0 Å². The molecule has 0 aromatic heterocycles. The lowest BCUT2D eigenvalue weighted by molar-refractivity contribution is 0.0694. The molecule has 3 aromatic rings. The monoisotopic (exact) mass is 647 g/mol. The van der Waals surface area contributed by atoms with Crippen molar-refractivity contribution in [1.29, 1.82) is 0 Å². The molecule has 0 saturated carbocycles. The van der Waals surface area contributed by atoms with Gasteiger partial charge in [0.25, 0.3) is 5.75 Å². The van der Waals surface area contributed by atoms with Gasteiger partial charge in [0.2, 0.25) is 0 Å². The molecule has 0 fully saturated rings. The molecule has 1 heterocycles. The highest BCUT2D eigenvalue weighted by Gasteiger charge is 2.36. The molecule has 1 aliphatic heterocycles. The highest BCUT2D eigenvalue weighted by atomic mass is 79.9. The first-order valence-corrected chi connectivity index (χ1v) is 11.3. The number of ether oxygens (including phenoxy) is 1. The summed E-state index contributed by atoms with van der Waals surface area (Å²) < 4.78 is 8.16. The molecule has 0 bridgehead atoms. The second-order valence-electron chi connectivity index (χ2n) is 6.36. The molecule has 1 unspecified atom stereocenters. The van der Waals surface area contributed by atoms with E-state index in [0.29, 0.717) is 40.5 Å². The fourth-order valence-electron chi connectivity index (χ4n) is 3.44. The van der Waals surface area contributed by atoms with Crippen LogP contribution in [0.4, 0.5) is 0 Å². The molecule has 0 spiro atoms. The SMILES string of the molecule is O=C(O)c1c(Br)c(Br)c(Br)c(Br)c1C1c2ccc(O)cc2Oc2cc([OH2+])ccc21. The van der Waals surface area contributed by atoms with Gasteiger partial charge in [-0.1, -0.05) is 6.07 Å². The van der Waals surface area contributed by atoms with Crippen molar-refractivity contribution < 1.29 is 24.9 Å². The quantitative estimate of drug-likeness (QED) is 0.141. The fourth-order valence-corrected chi connectivity index (χ4v) is 5.98. The normalized spacial score (nSPS) is 14.7. The van der Waals surface area contributed by atoms with E-state index in [-0.39, 0.29) is 17.1 Å². The molecule has 1 atom stereocenters. The van der Waals surface area contributed by atoms with Crippen molar-refractivity contribution in [2.24, 2.45) is 0 Å². The molecule has 5 nitrogen and oxygen atoms in total. The van der Waals surface area contributed by atoms with Crippen LogP contribution in [0.5, 0.6) is 23.0 Å². The molecule has 4 N–H and O–H groups in total. The van der Waals surface area contributed by atoms with Crippen LogP contribution < -0.4 is 4.74 Å². The predicted octanol–water partition coefficient (Wildman–Crippen LogP) is 6.86. The molecule has 0 saturated heterocycles. The van der Waals surface area contributed by atoms with E-state index in [1.165, 1.54) is 12.1 Å². The van der Waals surface area contributed by atoms with Gasteiger partial charge in [-0.05, 0) is 81.4 Å². The summed E-state index contributed by atoms with van der Waals surface area (Å²) in [5.41, 5.74) is 2.05. The van der Waals surface area contributed by atoms with E-state index < -0.39 is 11.9 Å². The zero-order valence-electron chi connectivity index (χ0n) is 14.3. The third-order valence-electron chi connectivity index (χ3n) is 4.66. The van der Waals surface area contributed by atoms with Crippen molar-refractivity contribution >= 4 is 69.7 Å². The van der Waals surface area contributed by atoms with Gasteiger partial charge < -0.3 is 20.1 Å². The molecule has 148 valence electrons. The van der Waals surface area contributed by atoms with Gasteiger partial charge >= 0.3 is 5.97 Å². The Hall–Kier alpha value is -1.55. The van der Waals surface area contributed by atoms with Gasteiger partial charge in [0.15, 0.2) is 0 Å². The van der Waals surface area contributed by atoms with Gasteiger partial charge in [0.05, 0.1) is 11.6 Å². The molecule has 1 aliphatic rings. The molecular weight excluding hydrogens is 640 g/mol. The third-order valence-corrected chi connectivity index (χ3v) is 9.46. The number of aromatic carboxylic acids is 1. The lowest BCUT2D eigenvalue weighted by atomic mass is 9.80. The molecule has 29 heavy (non-hydrogen) atoms. The van der Waals surface area contributed by atoms with Crippen LogP contribution >= 0.6 is 63.7 Å². The Balaban J connectivity index is 2.13.